The summed E-state index contributed by atoms with van der Waals surface area (Å²) in [4.78, 5) is 4.42. The van der Waals surface area contributed by atoms with Crippen LogP contribution in [0.1, 0.15) is 13.8 Å². The molecule has 0 atom stereocenters. The largest absolute Gasteiger partial charge is 0.381 e. The lowest BCUT2D eigenvalue weighted by atomic mass is 10.2. The van der Waals surface area contributed by atoms with E-state index in [9.17, 15) is 0 Å². The van der Waals surface area contributed by atoms with Crippen LogP contribution in [0.2, 0.25) is 0 Å². The summed E-state index contributed by atoms with van der Waals surface area (Å²) in [7, 11) is 0. The molecule has 0 aliphatic carbocycles. The molecule has 0 unspecified atom stereocenters. The summed E-state index contributed by atoms with van der Waals surface area (Å²) in [5, 5.41) is 4.54. The molecule has 0 spiro atoms. The van der Waals surface area contributed by atoms with Gasteiger partial charge in [-0.15, -0.1) is 0 Å². The van der Waals surface area contributed by atoms with Gasteiger partial charge in [0.15, 0.2) is 0 Å². The summed E-state index contributed by atoms with van der Waals surface area (Å²) >= 11 is 3.42. The van der Waals surface area contributed by atoms with Crippen LogP contribution in [0.15, 0.2) is 34.9 Å². The third-order valence-electron chi connectivity index (χ3n) is 2.12. The Morgan fingerprint density at radius 1 is 1.33 bits per heavy atom. The average molecular weight is 265 g/mol. The van der Waals surface area contributed by atoms with Crippen LogP contribution < -0.4 is 5.32 Å². The topological polar surface area (TPSA) is 24.9 Å². The first-order valence-electron chi connectivity index (χ1n) is 4.97. The Labute approximate surface area is 97.8 Å². The van der Waals surface area contributed by atoms with Gasteiger partial charge < -0.3 is 5.32 Å². The Morgan fingerprint density at radius 3 is 2.87 bits per heavy atom. The van der Waals surface area contributed by atoms with Gasteiger partial charge in [-0.3, -0.25) is 4.98 Å². The summed E-state index contributed by atoms with van der Waals surface area (Å²) in [6, 6.07) is 8.66. The predicted octanol–water partition coefficient (Wildman–Crippen LogP) is 3.82. The maximum atomic E-state index is 4.42. The molecule has 2 aromatic rings. The Hall–Kier alpha value is -1.09. The highest BCUT2D eigenvalue weighted by atomic mass is 79.9. The van der Waals surface area contributed by atoms with Gasteiger partial charge in [0.05, 0.1) is 11.2 Å². The molecule has 1 aromatic heterocycles. The van der Waals surface area contributed by atoms with Crippen molar-refractivity contribution in [2.75, 3.05) is 5.32 Å². The van der Waals surface area contributed by atoms with Gasteiger partial charge in [-0.25, -0.2) is 0 Å². The molecule has 0 amide bonds. The minimum atomic E-state index is 0.418. The highest BCUT2D eigenvalue weighted by molar-refractivity contribution is 9.10. The number of hydrogen-bond acceptors (Lipinski definition) is 2. The zero-order valence-electron chi connectivity index (χ0n) is 8.79. The van der Waals surface area contributed by atoms with Crippen LogP contribution in [-0.4, -0.2) is 11.0 Å². The molecule has 1 heterocycles. The van der Waals surface area contributed by atoms with E-state index in [2.05, 4.69) is 58.3 Å². The first-order valence-corrected chi connectivity index (χ1v) is 5.77. The lowest BCUT2D eigenvalue weighted by molar-refractivity contribution is 0.901. The minimum Gasteiger partial charge on any atom is -0.381 e. The summed E-state index contributed by atoms with van der Waals surface area (Å²) in [6.45, 7) is 4.25. The van der Waals surface area contributed by atoms with Crippen LogP contribution in [-0.2, 0) is 0 Å². The molecule has 0 fully saturated rings. The third-order valence-corrected chi connectivity index (χ3v) is 2.56. The maximum Gasteiger partial charge on any atom is 0.0934 e. The Balaban J connectivity index is 2.56. The van der Waals surface area contributed by atoms with Crippen LogP contribution in [0.4, 0.5) is 5.69 Å². The van der Waals surface area contributed by atoms with Gasteiger partial charge in [-0.05, 0) is 41.9 Å². The summed E-state index contributed by atoms with van der Waals surface area (Å²) in [5.41, 5.74) is 2.12. The van der Waals surface area contributed by atoms with Crippen molar-refractivity contribution in [3.63, 3.8) is 0 Å². The summed E-state index contributed by atoms with van der Waals surface area (Å²) < 4.78 is 1.01. The van der Waals surface area contributed by atoms with Gasteiger partial charge in [0.25, 0.3) is 0 Å². The number of para-hydroxylation sites is 1. The zero-order chi connectivity index (χ0) is 10.8. The number of benzene rings is 1. The van der Waals surface area contributed by atoms with Crippen molar-refractivity contribution in [3.05, 3.63) is 34.9 Å². The second-order valence-electron chi connectivity index (χ2n) is 3.83. The average Bonchev–Trinajstić information content (AvgIpc) is 2.16. The number of fused-ring (bicyclic) bond motifs is 1. The number of hydrogen-bond donors (Lipinski definition) is 1. The third kappa shape index (κ3) is 2.29. The number of anilines is 1. The maximum absolute atomic E-state index is 4.42. The molecule has 2 rings (SSSR count). The number of nitrogens with zero attached hydrogens (tertiary/aromatic N) is 1. The van der Waals surface area contributed by atoms with Crippen molar-refractivity contribution >= 4 is 32.5 Å². The van der Waals surface area contributed by atoms with Crippen molar-refractivity contribution < 1.29 is 0 Å². The molecule has 2 nitrogen and oxygen atoms in total. The summed E-state index contributed by atoms with van der Waals surface area (Å²) in [5.74, 6) is 0. The number of nitrogens with one attached hydrogen (secondary N) is 1. The monoisotopic (exact) mass is 264 g/mol. The van der Waals surface area contributed by atoms with Crippen LogP contribution in [0.5, 0.6) is 0 Å². The Morgan fingerprint density at radius 2 is 2.13 bits per heavy atom. The van der Waals surface area contributed by atoms with Crippen molar-refractivity contribution in [1.82, 2.24) is 4.98 Å². The second kappa shape index (κ2) is 4.19. The lowest BCUT2D eigenvalue weighted by Crippen LogP contribution is -2.10. The number of pyridine rings is 1. The zero-order valence-corrected chi connectivity index (χ0v) is 10.4. The fourth-order valence-corrected chi connectivity index (χ4v) is 1.91. The molecule has 0 saturated heterocycles. The van der Waals surface area contributed by atoms with Crippen molar-refractivity contribution in [1.29, 1.82) is 0 Å². The number of aromatic nitrogens is 1. The minimum absolute atomic E-state index is 0.418. The van der Waals surface area contributed by atoms with Crippen LogP contribution in [0.3, 0.4) is 0 Å². The Kier molecular flexibility index (Phi) is 2.91. The smallest absolute Gasteiger partial charge is 0.0934 e. The van der Waals surface area contributed by atoms with E-state index in [1.165, 1.54) is 0 Å². The summed E-state index contributed by atoms with van der Waals surface area (Å²) in [6.07, 6.45) is 1.83. The molecule has 0 saturated carbocycles. The highest BCUT2D eigenvalue weighted by Gasteiger charge is 2.03. The van der Waals surface area contributed by atoms with Gasteiger partial charge >= 0.3 is 0 Å². The van der Waals surface area contributed by atoms with E-state index in [4.69, 9.17) is 0 Å². The van der Waals surface area contributed by atoms with Gasteiger partial charge in [0, 0.05) is 22.1 Å². The number of rotatable bonds is 2. The molecule has 0 aliphatic heterocycles. The van der Waals surface area contributed by atoms with Crippen molar-refractivity contribution in [2.24, 2.45) is 0 Å². The van der Waals surface area contributed by atoms with E-state index >= 15 is 0 Å². The molecular weight excluding hydrogens is 252 g/mol. The number of halogens is 1. The molecule has 1 aromatic carbocycles. The fourth-order valence-electron chi connectivity index (χ4n) is 1.56. The highest BCUT2D eigenvalue weighted by Crippen LogP contribution is 2.24. The van der Waals surface area contributed by atoms with E-state index < -0.39 is 0 Å². The Bertz CT molecular complexity index is 480. The van der Waals surface area contributed by atoms with E-state index in [0.29, 0.717) is 6.04 Å². The second-order valence-corrected chi connectivity index (χ2v) is 4.75. The molecule has 0 bridgehead atoms. The standard InChI is InChI=1S/C12H13BrN2/c1-8(2)15-11-5-3-4-9-6-10(13)7-14-12(9)11/h3-8,15H,1-2H3. The molecular formula is C12H13BrN2. The van der Waals surface area contributed by atoms with E-state index in [1.54, 1.807) is 0 Å². The van der Waals surface area contributed by atoms with Crippen LogP contribution in [0.25, 0.3) is 10.9 Å². The molecule has 3 heteroatoms. The normalized spacial score (nSPS) is 10.9. The predicted molar refractivity (Wildman–Crippen MR) is 68.2 cm³/mol. The molecule has 78 valence electrons. The van der Waals surface area contributed by atoms with Crippen LogP contribution in [0, 0.1) is 0 Å². The van der Waals surface area contributed by atoms with E-state index in [0.717, 1.165) is 21.1 Å². The van der Waals surface area contributed by atoms with Crippen molar-refractivity contribution in [2.45, 2.75) is 19.9 Å². The van der Waals surface area contributed by atoms with Gasteiger partial charge in [-0.2, -0.15) is 0 Å². The van der Waals surface area contributed by atoms with Gasteiger partial charge in [0.1, 0.15) is 0 Å². The fraction of sp³-hybridized carbons (Fsp3) is 0.250. The van der Waals surface area contributed by atoms with Crippen molar-refractivity contribution in [3.8, 4) is 0 Å². The SMILES string of the molecule is CC(C)Nc1cccc2cc(Br)cnc12. The van der Waals surface area contributed by atoms with Gasteiger partial charge in [-0.1, -0.05) is 12.1 Å². The lowest BCUT2D eigenvalue weighted by Gasteiger charge is -2.11. The van der Waals surface area contributed by atoms with Gasteiger partial charge in [0.2, 0.25) is 0 Å². The van der Waals surface area contributed by atoms with E-state index in [1.807, 2.05) is 12.3 Å². The molecule has 0 radical (unpaired) electrons. The molecule has 15 heavy (non-hydrogen) atoms. The van der Waals surface area contributed by atoms with E-state index in [-0.39, 0.29) is 0 Å². The quantitative estimate of drug-likeness (QED) is 0.892. The molecule has 0 aliphatic rings. The molecule has 1 N–H and O–H groups in total. The first-order chi connectivity index (χ1) is 7.16. The first kappa shape index (κ1) is 10.4. The van der Waals surface area contributed by atoms with Crippen LogP contribution >= 0.6 is 15.9 Å².